The number of anilines is 1. The molecule has 4 aromatic rings. The third kappa shape index (κ3) is 3.40. The van der Waals surface area contributed by atoms with Crippen LogP contribution in [0, 0.1) is 0 Å². The highest BCUT2D eigenvalue weighted by Gasteiger charge is 2.34. The molecule has 3 heterocycles. The summed E-state index contributed by atoms with van der Waals surface area (Å²) in [6.07, 6.45) is 0.548. The number of carbonyl (C=O) groups is 1. The first kappa shape index (κ1) is 17.6. The lowest BCUT2D eigenvalue weighted by molar-refractivity contribution is -0.128. The van der Waals surface area contributed by atoms with Crippen LogP contribution in [-0.2, 0) is 4.79 Å². The highest BCUT2D eigenvalue weighted by molar-refractivity contribution is 7.21. The van der Waals surface area contributed by atoms with E-state index < -0.39 is 12.2 Å². The average molecular weight is 403 g/mol. The van der Waals surface area contributed by atoms with Crippen LogP contribution >= 0.6 is 11.3 Å². The van der Waals surface area contributed by atoms with E-state index in [-0.39, 0.29) is 5.91 Å². The van der Waals surface area contributed by atoms with Crippen LogP contribution in [0.1, 0.15) is 6.92 Å². The van der Waals surface area contributed by atoms with Crippen LogP contribution in [0.25, 0.3) is 20.8 Å². The Morgan fingerprint density at radius 1 is 1.00 bits per heavy atom. The fraction of sp³-hybridized carbons (Fsp3) is 0.136. The van der Waals surface area contributed by atoms with Crippen molar-refractivity contribution in [2.75, 3.05) is 5.32 Å². The number of benzene rings is 2. The van der Waals surface area contributed by atoms with Crippen LogP contribution in [0.15, 0.2) is 66.9 Å². The second kappa shape index (κ2) is 7.18. The van der Waals surface area contributed by atoms with Crippen LogP contribution in [0.5, 0.6) is 11.5 Å². The van der Waals surface area contributed by atoms with Gasteiger partial charge in [-0.05, 0) is 43.3 Å². The summed E-state index contributed by atoms with van der Waals surface area (Å²) in [4.78, 5) is 21.7. The zero-order valence-corrected chi connectivity index (χ0v) is 16.3. The second-order valence-electron chi connectivity index (χ2n) is 6.72. The van der Waals surface area contributed by atoms with Crippen LogP contribution < -0.4 is 14.8 Å². The maximum absolute atomic E-state index is 12.7. The number of aromatic nitrogens is 2. The largest absolute Gasteiger partial charge is 0.482 e. The minimum Gasteiger partial charge on any atom is -0.482 e. The van der Waals surface area contributed by atoms with Gasteiger partial charge in [0, 0.05) is 11.8 Å². The maximum atomic E-state index is 12.7. The zero-order chi connectivity index (χ0) is 19.8. The number of nitrogens with zero attached hydrogens (tertiary/aromatic N) is 2. The Labute approximate surface area is 171 Å². The van der Waals surface area contributed by atoms with Gasteiger partial charge in [0.1, 0.15) is 16.9 Å². The molecular weight excluding hydrogens is 386 g/mol. The molecule has 29 heavy (non-hydrogen) atoms. The quantitative estimate of drug-likeness (QED) is 0.544. The summed E-state index contributed by atoms with van der Waals surface area (Å²) in [5.41, 5.74) is 1.87. The first-order chi connectivity index (χ1) is 14.2. The molecular formula is C22H17N3O3S. The topological polar surface area (TPSA) is 73.3 Å². The molecule has 0 saturated carbocycles. The van der Waals surface area contributed by atoms with Gasteiger partial charge in [-0.15, -0.1) is 11.3 Å². The van der Waals surface area contributed by atoms with Gasteiger partial charge in [0.2, 0.25) is 6.10 Å². The van der Waals surface area contributed by atoms with Gasteiger partial charge in [0.05, 0.1) is 10.2 Å². The third-order valence-electron chi connectivity index (χ3n) is 4.66. The Morgan fingerprint density at radius 2 is 1.76 bits per heavy atom. The van der Waals surface area contributed by atoms with E-state index in [9.17, 15) is 4.79 Å². The van der Waals surface area contributed by atoms with Crippen LogP contribution in [-0.4, -0.2) is 28.1 Å². The predicted molar refractivity (Wildman–Crippen MR) is 112 cm³/mol. The second-order valence-corrected chi connectivity index (χ2v) is 7.75. The lowest BCUT2D eigenvalue weighted by Gasteiger charge is -2.30. The third-order valence-corrected chi connectivity index (χ3v) is 5.74. The molecule has 6 nitrogen and oxygen atoms in total. The maximum Gasteiger partial charge on any atom is 0.270 e. The summed E-state index contributed by atoms with van der Waals surface area (Å²) in [7, 11) is 0. The van der Waals surface area contributed by atoms with Crippen molar-refractivity contribution in [3.63, 3.8) is 0 Å². The average Bonchev–Trinajstić information content (AvgIpc) is 3.18. The van der Waals surface area contributed by atoms with Gasteiger partial charge in [-0.2, -0.15) is 0 Å². The number of hydrogen-bond donors (Lipinski definition) is 1. The summed E-state index contributed by atoms with van der Waals surface area (Å²) in [6.45, 7) is 1.81. The normalized spacial score (nSPS) is 17.8. The Morgan fingerprint density at radius 3 is 2.52 bits per heavy atom. The van der Waals surface area contributed by atoms with Gasteiger partial charge in [-0.25, -0.2) is 9.97 Å². The Kier molecular flexibility index (Phi) is 4.37. The van der Waals surface area contributed by atoms with Gasteiger partial charge in [0.25, 0.3) is 5.91 Å². The number of rotatable bonds is 3. The van der Waals surface area contributed by atoms with E-state index in [4.69, 9.17) is 9.47 Å². The van der Waals surface area contributed by atoms with Crippen molar-refractivity contribution in [1.29, 1.82) is 0 Å². The fourth-order valence-corrected chi connectivity index (χ4v) is 4.15. The molecule has 0 radical (unpaired) electrons. The molecule has 0 fully saturated rings. The molecule has 7 heteroatoms. The Bertz CT molecular complexity index is 1160. The smallest absolute Gasteiger partial charge is 0.270 e. The first-order valence-electron chi connectivity index (χ1n) is 9.22. The lowest BCUT2D eigenvalue weighted by atomic mass is 10.1. The number of ether oxygens (including phenoxy) is 2. The molecule has 2 unspecified atom stereocenters. The van der Waals surface area contributed by atoms with Gasteiger partial charge >= 0.3 is 0 Å². The number of para-hydroxylation sites is 3. The summed E-state index contributed by atoms with van der Waals surface area (Å²) in [5.74, 6) is 1.36. The number of carbonyl (C=O) groups excluding carboxylic acids is 1. The minimum absolute atomic E-state index is 0.299. The number of nitrogens with one attached hydrogen (secondary N) is 1. The minimum atomic E-state index is -0.754. The van der Waals surface area contributed by atoms with E-state index in [0.29, 0.717) is 17.3 Å². The monoisotopic (exact) mass is 403 g/mol. The van der Waals surface area contributed by atoms with Crippen molar-refractivity contribution in [3.8, 4) is 22.1 Å². The number of hydrogen-bond acceptors (Lipinski definition) is 6. The van der Waals surface area contributed by atoms with Gasteiger partial charge in [0.15, 0.2) is 11.5 Å². The molecule has 1 N–H and O–H groups in total. The molecule has 1 aliphatic heterocycles. The highest BCUT2D eigenvalue weighted by atomic mass is 32.1. The number of thiazole rings is 1. The van der Waals surface area contributed by atoms with E-state index in [1.165, 1.54) is 0 Å². The summed E-state index contributed by atoms with van der Waals surface area (Å²) >= 11 is 1.61. The predicted octanol–water partition coefficient (Wildman–Crippen LogP) is 4.53. The van der Waals surface area contributed by atoms with Gasteiger partial charge in [-0.1, -0.05) is 24.3 Å². The summed E-state index contributed by atoms with van der Waals surface area (Å²) in [5, 5.41) is 3.70. The number of amides is 1. The molecule has 0 bridgehead atoms. The van der Waals surface area contributed by atoms with Gasteiger partial charge < -0.3 is 14.8 Å². The molecule has 144 valence electrons. The summed E-state index contributed by atoms with van der Waals surface area (Å²) < 4.78 is 12.8. The van der Waals surface area contributed by atoms with E-state index in [0.717, 1.165) is 20.8 Å². The molecule has 2 aromatic carbocycles. The molecule has 1 amide bonds. The Balaban J connectivity index is 1.31. The van der Waals surface area contributed by atoms with E-state index in [1.807, 2.05) is 55.5 Å². The van der Waals surface area contributed by atoms with Crippen LogP contribution in [0.3, 0.4) is 0 Å². The van der Waals surface area contributed by atoms with E-state index >= 15 is 0 Å². The van der Waals surface area contributed by atoms with Crippen molar-refractivity contribution < 1.29 is 14.3 Å². The molecule has 1 aliphatic rings. The van der Waals surface area contributed by atoms with Crippen LogP contribution in [0.4, 0.5) is 5.82 Å². The molecule has 2 aromatic heterocycles. The highest BCUT2D eigenvalue weighted by Crippen LogP contribution is 2.34. The SMILES string of the molecule is CC1Oc2ccccc2OC1C(=O)Nc1ccc(-c2nc3ccccc3s2)cn1. The fourth-order valence-electron chi connectivity index (χ4n) is 3.19. The zero-order valence-electron chi connectivity index (χ0n) is 15.5. The van der Waals surface area contributed by atoms with Gasteiger partial charge in [-0.3, -0.25) is 4.79 Å². The Hall–Kier alpha value is -3.45. The summed E-state index contributed by atoms with van der Waals surface area (Å²) in [6, 6.07) is 19.0. The molecule has 0 aliphatic carbocycles. The van der Waals surface area contributed by atoms with Crippen molar-refractivity contribution >= 4 is 33.3 Å². The number of fused-ring (bicyclic) bond motifs is 2. The van der Waals surface area contributed by atoms with Crippen molar-refractivity contribution in [2.24, 2.45) is 0 Å². The van der Waals surface area contributed by atoms with E-state index in [1.54, 1.807) is 29.7 Å². The molecule has 0 spiro atoms. The van der Waals surface area contributed by atoms with Crippen molar-refractivity contribution in [1.82, 2.24) is 9.97 Å². The van der Waals surface area contributed by atoms with E-state index in [2.05, 4.69) is 15.3 Å². The molecule has 0 saturated heterocycles. The molecule has 5 rings (SSSR count). The van der Waals surface area contributed by atoms with Crippen LogP contribution in [0.2, 0.25) is 0 Å². The lowest BCUT2D eigenvalue weighted by Crippen LogP contribution is -2.46. The number of pyridine rings is 1. The standard InChI is InChI=1S/C22H17N3O3S/c1-13-20(28-17-8-4-3-7-16(17)27-13)21(26)25-19-11-10-14(12-23-19)22-24-15-6-2-5-9-18(15)29-22/h2-13,20H,1H3,(H,23,25,26). The van der Waals surface area contributed by atoms with Crippen molar-refractivity contribution in [3.05, 3.63) is 66.9 Å². The van der Waals surface area contributed by atoms with Crippen molar-refractivity contribution in [2.45, 2.75) is 19.1 Å². The first-order valence-corrected chi connectivity index (χ1v) is 10.0. The molecule has 2 atom stereocenters.